The zero-order valence-corrected chi connectivity index (χ0v) is 13.6. The van der Waals surface area contributed by atoms with E-state index in [4.69, 9.17) is 0 Å². The maximum atomic E-state index is 12.9. The third-order valence-corrected chi connectivity index (χ3v) is 3.66. The van der Waals surface area contributed by atoms with Gasteiger partial charge in [0.05, 0.1) is 17.2 Å². The normalized spacial score (nSPS) is 11.8. The second-order valence-electron chi connectivity index (χ2n) is 5.69. The van der Waals surface area contributed by atoms with Crippen LogP contribution in [0.3, 0.4) is 0 Å². The van der Waals surface area contributed by atoms with E-state index in [1.54, 1.807) is 13.8 Å². The molecule has 0 bridgehead atoms. The van der Waals surface area contributed by atoms with Crippen molar-refractivity contribution in [3.63, 3.8) is 0 Å². The summed E-state index contributed by atoms with van der Waals surface area (Å²) in [6.07, 6.45) is 1.89. The van der Waals surface area contributed by atoms with Crippen LogP contribution in [-0.4, -0.2) is 44.6 Å². The molecular formula is C18H20N2O4. The summed E-state index contributed by atoms with van der Waals surface area (Å²) in [7, 11) is 0. The van der Waals surface area contributed by atoms with Crippen molar-refractivity contribution in [3.8, 4) is 0 Å². The van der Waals surface area contributed by atoms with E-state index in [2.05, 4.69) is 4.98 Å². The van der Waals surface area contributed by atoms with Gasteiger partial charge in [0.2, 0.25) is 0 Å². The Balaban J connectivity index is 2.34. The molecule has 126 valence electrons. The molecule has 0 aliphatic heterocycles. The maximum Gasteiger partial charge on any atom is 0.337 e. The molecule has 0 saturated carbocycles. The summed E-state index contributed by atoms with van der Waals surface area (Å²) in [5.41, 5.74) is 1.52. The van der Waals surface area contributed by atoms with Gasteiger partial charge in [-0.05, 0) is 25.0 Å². The van der Waals surface area contributed by atoms with Crippen molar-refractivity contribution in [2.45, 2.75) is 26.5 Å². The van der Waals surface area contributed by atoms with Crippen LogP contribution in [0.4, 0.5) is 0 Å². The molecule has 6 heteroatoms. The van der Waals surface area contributed by atoms with E-state index in [0.29, 0.717) is 12.1 Å². The lowest BCUT2D eigenvalue weighted by Crippen LogP contribution is -2.36. The van der Waals surface area contributed by atoms with Crippen LogP contribution in [0.2, 0.25) is 0 Å². The summed E-state index contributed by atoms with van der Waals surface area (Å²) in [4.78, 5) is 29.5. The summed E-state index contributed by atoms with van der Waals surface area (Å²) < 4.78 is 0. The molecule has 1 aromatic carbocycles. The van der Waals surface area contributed by atoms with Gasteiger partial charge in [0.25, 0.3) is 5.91 Å². The number of rotatable bonds is 6. The molecule has 24 heavy (non-hydrogen) atoms. The Kier molecular flexibility index (Phi) is 5.65. The Morgan fingerprint density at radius 3 is 2.38 bits per heavy atom. The molecule has 6 nitrogen and oxygen atoms in total. The minimum Gasteiger partial charge on any atom is -0.478 e. The third kappa shape index (κ3) is 4.17. The first-order valence-electron chi connectivity index (χ1n) is 7.59. The van der Waals surface area contributed by atoms with E-state index in [0.717, 1.165) is 5.56 Å². The Morgan fingerprint density at radius 2 is 1.79 bits per heavy atom. The number of carbonyl (C=O) groups is 2. The topological polar surface area (TPSA) is 90.7 Å². The summed E-state index contributed by atoms with van der Waals surface area (Å²) in [6, 6.07) is 9.41. The fourth-order valence-electron chi connectivity index (χ4n) is 2.47. The Morgan fingerprint density at radius 1 is 1.17 bits per heavy atom. The highest BCUT2D eigenvalue weighted by atomic mass is 16.4. The van der Waals surface area contributed by atoms with Crippen LogP contribution in [0.15, 0.2) is 42.7 Å². The van der Waals surface area contributed by atoms with E-state index >= 15 is 0 Å². The number of benzene rings is 1. The molecule has 1 aromatic heterocycles. The van der Waals surface area contributed by atoms with Crippen LogP contribution < -0.4 is 0 Å². The van der Waals surface area contributed by atoms with Crippen molar-refractivity contribution < 1.29 is 19.8 Å². The van der Waals surface area contributed by atoms with Crippen LogP contribution >= 0.6 is 0 Å². The molecule has 0 spiro atoms. The number of carboxylic acid groups (broad SMARTS) is 1. The van der Waals surface area contributed by atoms with Crippen LogP contribution in [0.1, 0.15) is 38.8 Å². The molecule has 1 amide bonds. The number of aromatic carboxylic acids is 1. The average Bonchev–Trinajstić information content (AvgIpc) is 2.54. The standard InChI is InChI=1S/C18H20N2O4/c1-12(21)10-20(11-14-6-4-3-5-7-14)17(22)15-8-19-9-16(13(15)2)18(23)24/h3-9,12,21H,10-11H2,1-2H3,(H,23,24). The third-order valence-electron chi connectivity index (χ3n) is 3.66. The molecule has 0 saturated heterocycles. The van der Waals surface area contributed by atoms with Crippen molar-refractivity contribution >= 4 is 11.9 Å². The van der Waals surface area contributed by atoms with Gasteiger partial charge in [-0.1, -0.05) is 30.3 Å². The number of nitrogens with zero attached hydrogens (tertiary/aromatic N) is 2. The van der Waals surface area contributed by atoms with Gasteiger partial charge < -0.3 is 15.1 Å². The van der Waals surface area contributed by atoms with Gasteiger partial charge in [0, 0.05) is 25.5 Å². The largest absolute Gasteiger partial charge is 0.478 e. The molecular weight excluding hydrogens is 308 g/mol. The Labute approximate surface area is 140 Å². The fraction of sp³-hybridized carbons (Fsp3) is 0.278. The van der Waals surface area contributed by atoms with Gasteiger partial charge in [-0.2, -0.15) is 0 Å². The van der Waals surface area contributed by atoms with Gasteiger partial charge in [-0.25, -0.2) is 4.79 Å². The minimum absolute atomic E-state index is 0.00226. The lowest BCUT2D eigenvalue weighted by Gasteiger charge is -2.25. The average molecular weight is 328 g/mol. The van der Waals surface area contributed by atoms with Crippen LogP contribution in [0.5, 0.6) is 0 Å². The fourth-order valence-corrected chi connectivity index (χ4v) is 2.47. The zero-order chi connectivity index (χ0) is 17.7. The van der Waals surface area contributed by atoms with Crippen molar-refractivity contribution in [2.24, 2.45) is 0 Å². The number of aromatic nitrogens is 1. The van der Waals surface area contributed by atoms with Gasteiger partial charge in [-0.15, -0.1) is 0 Å². The lowest BCUT2D eigenvalue weighted by atomic mass is 10.0. The first-order chi connectivity index (χ1) is 11.4. The number of hydrogen-bond acceptors (Lipinski definition) is 4. The lowest BCUT2D eigenvalue weighted by molar-refractivity contribution is 0.0629. The zero-order valence-electron chi connectivity index (χ0n) is 13.6. The minimum atomic E-state index is -1.13. The van der Waals surface area contributed by atoms with Crippen LogP contribution in [0.25, 0.3) is 0 Å². The number of pyridine rings is 1. The molecule has 2 rings (SSSR count). The molecule has 0 radical (unpaired) electrons. The number of carbonyl (C=O) groups excluding carboxylic acids is 1. The molecule has 0 fully saturated rings. The summed E-state index contributed by atoms with van der Waals surface area (Å²) in [5.74, 6) is -1.48. The maximum absolute atomic E-state index is 12.9. The van der Waals surface area contributed by atoms with Crippen molar-refractivity contribution in [3.05, 3.63) is 65.0 Å². The van der Waals surface area contributed by atoms with Crippen LogP contribution in [0, 0.1) is 6.92 Å². The molecule has 1 atom stereocenters. The second kappa shape index (κ2) is 7.70. The molecule has 2 aromatic rings. The number of aliphatic hydroxyl groups is 1. The predicted molar refractivity (Wildman–Crippen MR) is 88.8 cm³/mol. The smallest absolute Gasteiger partial charge is 0.337 e. The Hall–Kier alpha value is -2.73. The summed E-state index contributed by atoms with van der Waals surface area (Å²) >= 11 is 0. The molecule has 1 unspecified atom stereocenters. The molecule has 0 aliphatic rings. The first kappa shape index (κ1) is 17.6. The number of hydrogen-bond donors (Lipinski definition) is 2. The highest BCUT2D eigenvalue weighted by Gasteiger charge is 2.22. The molecule has 1 heterocycles. The van der Waals surface area contributed by atoms with E-state index in [1.165, 1.54) is 17.3 Å². The SMILES string of the molecule is Cc1c(C(=O)O)cncc1C(=O)N(Cc1ccccc1)CC(C)O. The van der Waals surface area contributed by atoms with Crippen LogP contribution in [-0.2, 0) is 6.54 Å². The van der Waals surface area contributed by atoms with E-state index in [9.17, 15) is 19.8 Å². The highest BCUT2D eigenvalue weighted by Crippen LogP contribution is 2.16. The predicted octanol–water partition coefficient (Wildman–Crippen LogP) is 2.11. The highest BCUT2D eigenvalue weighted by molar-refractivity contribution is 5.99. The van der Waals surface area contributed by atoms with Crippen molar-refractivity contribution in [1.29, 1.82) is 0 Å². The Bertz CT molecular complexity index is 729. The quantitative estimate of drug-likeness (QED) is 0.847. The molecule has 0 aliphatic carbocycles. The summed E-state index contributed by atoms with van der Waals surface area (Å²) in [6.45, 7) is 3.65. The first-order valence-corrected chi connectivity index (χ1v) is 7.59. The van der Waals surface area contributed by atoms with E-state index in [-0.39, 0.29) is 23.6 Å². The van der Waals surface area contributed by atoms with Crippen molar-refractivity contribution in [2.75, 3.05) is 6.54 Å². The van der Waals surface area contributed by atoms with E-state index in [1.807, 2.05) is 30.3 Å². The summed E-state index contributed by atoms with van der Waals surface area (Å²) in [5, 5.41) is 18.9. The van der Waals surface area contributed by atoms with Crippen molar-refractivity contribution in [1.82, 2.24) is 9.88 Å². The molecule has 2 N–H and O–H groups in total. The monoisotopic (exact) mass is 328 g/mol. The van der Waals surface area contributed by atoms with Gasteiger partial charge in [0.15, 0.2) is 0 Å². The number of aliphatic hydroxyl groups excluding tert-OH is 1. The van der Waals surface area contributed by atoms with E-state index < -0.39 is 12.1 Å². The van der Waals surface area contributed by atoms with Gasteiger partial charge >= 0.3 is 5.97 Å². The number of amides is 1. The number of carboxylic acids is 1. The van der Waals surface area contributed by atoms with Gasteiger partial charge in [-0.3, -0.25) is 9.78 Å². The second-order valence-corrected chi connectivity index (χ2v) is 5.69. The van der Waals surface area contributed by atoms with Gasteiger partial charge in [0.1, 0.15) is 0 Å².